The second kappa shape index (κ2) is 5.08. The Bertz CT molecular complexity index is 217. The van der Waals surface area contributed by atoms with Gasteiger partial charge in [-0.15, -0.1) is 0 Å². The molecular formula is C15H29N. The van der Waals surface area contributed by atoms with Crippen LogP contribution in [0.5, 0.6) is 0 Å². The molecule has 0 aromatic carbocycles. The first kappa shape index (κ1) is 12.4. The summed E-state index contributed by atoms with van der Waals surface area (Å²) in [7, 11) is 0. The van der Waals surface area contributed by atoms with Crippen LogP contribution in [0.2, 0.25) is 0 Å². The summed E-state index contributed by atoms with van der Waals surface area (Å²) >= 11 is 0. The lowest BCUT2D eigenvalue weighted by atomic mass is 9.80. The topological polar surface area (TPSA) is 12.0 Å². The Morgan fingerprint density at radius 2 is 1.75 bits per heavy atom. The maximum absolute atomic E-state index is 3.90. The molecule has 2 fully saturated rings. The zero-order chi connectivity index (χ0) is 11.6. The predicted octanol–water partition coefficient (Wildman–Crippen LogP) is 4.12. The van der Waals surface area contributed by atoms with Gasteiger partial charge in [-0.1, -0.05) is 26.7 Å². The summed E-state index contributed by atoms with van der Waals surface area (Å²) in [5, 5.41) is 3.90. The number of rotatable bonds is 3. The van der Waals surface area contributed by atoms with E-state index in [0.717, 1.165) is 18.0 Å². The van der Waals surface area contributed by atoms with E-state index < -0.39 is 0 Å². The Hall–Kier alpha value is -0.0400. The van der Waals surface area contributed by atoms with Crippen molar-refractivity contribution >= 4 is 0 Å². The molecule has 2 aliphatic carbocycles. The van der Waals surface area contributed by atoms with E-state index in [1.165, 1.54) is 51.4 Å². The molecule has 1 nitrogen and oxygen atoms in total. The average Bonchev–Trinajstić information content (AvgIpc) is 2.25. The van der Waals surface area contributed by atoms with Crippen molar-refractivity contribution in [3.05, 3.63) is 0 Å². The molecule has 0 saturated heterocycles. The van der Waals surface area contributed by atoms with Crippen LogP contribution in [0, 0.1) is 11.3 Å². The highest BCUT2D eigenvalue weighted by atomic mass is 15.0. The van der Waals surface area contributed by atoms with Crippen LogP contribution < -0.4 is 5.32 Å². The van der Waals surface area contributed by atoms with Crippen LogP contribution in [0.3, 0.4) is 0 Å². The second-order valence-electron chi connectivity index (χ2n) is 6.94. The minimum atomic E-state index is 0.593. The molecule has 0 spiro atoms. The molecule has 16 heavy (non-hydrogen) atoms. The lowest BCUT2D eigenvalue weighted by molar-refractivity contribution is 0.219. The minimum Gasteiger partial charge on any atom is -0.311 e. The molecule has 0 heterocycles. The first-order chi connectivity index (χ1) is 7.57. The van der Waals surface area contributed by atoms with Crippen molar-refractivity contribution in [2.45, 2.75) is 84.2 Å². The van der Waals surface area contributed by atoms with E-state index in [2.05, 4.69) is 26.1 Å². The normalized spacial score (nSPS) is 32.8. The second-order valence-corrected chi connectivity index (χ2v) is 6.94. The van der Waals surface area contributed by atoms with E-state index >= 15 is 0 Å². The third-order valence-corrected chi connectivity index (χ3v) is 4.93. The fraction of sp³-hybridized carbons (Fsp3) is 1.00. The van der Waals surface area contributed by atoms with Gasteiger partial charge >= 0.3 is 0 Å². The molecule has 1 heteroatoms. The SMILES string of the molecule is CC(NC1CCCC(C)(C)CC1)C1CCC1. The monoisotopic (exact) mass is 223 g/mol. The van der Waals surface area contributed by atoms with Gasteiger partial charge < -0.3 is 5.32 Å². The van der Waals surface area contributed by atoms with E-state index in [9.17, 15) is 0 Å². The van der Waals surface area contributed by atoms with E-state index in [1.807, 2.05) is 0 Å². The number of hydrogen-bond acceptors (Lipinski definition) is 1. The molecule has 0 aromatic heterocycles. The number of hydrogen-bond donors (Lipinski definition) is 1. The van der Waals surface area contributed by atoms with Crippen molar-refractivity contribution < 1.29 is 0 Å². The highest BCUT2D eigenvalue weighted by Crippen LogP contribution is 2.35. The fourth-order valence-electron chi connectivity index (χ4n) is 3.28. The van der Waals surface area contributed by atoms with E-state index in [4.69, 9.17) is 0 Å². The van der Waals surface area contributed by atoms with Crippen molar-refractivity contribution in [3.63, 3.8) is 0 Å². The zero-order valence-corrected chi connectivity index (χ0v) is 11.4. The minimum absolute atomic E-state index is 0.593. The summed E-state index contributed by atoms with van der Waals surface area (Å²) in [6.07, 6.45) is 11.4. The summed E-state index contributed by atoms with van der Waals surface area (Å²) in [6, 6.07) is 1.57. The van der Waals surface area contributed by atoms with Crippen molar-refractivity contribution in [1.29, 1.82) is 0 Å². The summed E-state index contributed by atoms with van der Waals surface area (Å²) in [4.78, 5) is 0. The predicted molar refractivity (Wildman–Crippen MR) is 70.6 cm³/mol. The molecule has 0 bridgehead atoms. The molecule has 2 rings (SSSR count). The van der Waals surface area contributed by atoms with Crippen LogP contribution in [-0.2, 0) is 0 Å². The summed E-state index contributed by atoms with van der Waals surface area (Å²) < 4.78 is 0. The van der Waals surface area contributed by atoms with Gasteiger partial charge in [0.25, 0.3) is 0 Å². The number of nitrogens with one attached hydrogen (secondary N) is 1. The summed E-state index contributed by atoms with van der Waals surface area (Å²) in [6.45, 7) is 7.27. The molecule has 0 amide bonds. The van der Waals surface area contributed by atoms with Gasteiger partial charge in [0.05, 0.1) is 0 Å². The van der Waals surface area contributed by atoms with Crippen molar-refractivity contribution in [3.8, 4) is 0 Å². The molecule has 2 aliphatic rings. The van der Waals surface area contributed by atoms with Crippen molar-refractivity contribution in [2.75, 3.05) is 0 Å². The molecule has 94 valence electrons. The Kier molecular flexibility index (Phi) is 3.94. The quantitative estimate of drug-likeness (QED) is 0.710. The molecule has 0 aromatic rings. The molecule has 2 unspecified atom stereocenters. The standard InChI is InChI=1S/C15H29N/c1-12(13-6-4-7-13)16-14-8-5-10-15(2,3)11-9-14/h12-14,16H,4-11H2,1-3H3. The lowest BCUT2D eigenvalue weighted by Gasteiger charge is -2.34. The molecular weight excluding hydrogens is 194 g/mol. The van der Waals surface area contributed by atoms with Gasteiger partial charge in [-0.2, -0.15) is 0 Å². The first-order valence-corrected chi connectivity index (χ1v) is 7.33. The largest absolute Gasteiger partial charge is 0.311 e. The maximum Gasteiger partial charge on any atom is 0.00698 e. The van der Waals surface area contributed by atoms with Crippen LogP contribution in [0.4, 0.5) is 0 Å². The fourth-order valence-corrected chi connectivity index (χ4v) is 3.28. The summed E-state index contributed by atoms with van der Waals surface area (Å²) in [5.41, 5.74) is 0.593. The van der Waals surface area contributed by atoms with Gasteiger partial charge in [0, 0.05) is 12.1 Å². The van der Waals surface area contributed by atoms with Crippen LogP contribution in [0.25, 0.3) is 0 Å². The lowest BCUT2D eigenvalue weighted by Crippen LogP contribution is -2.43. The highest BCUT2D eigenvalue weighted by molar-refractivity contribution is 4.85. The van der Waals surface area contributed by atoms with Gasteiger partial charge in [-0.05, 0) is 56.8 Å². The third kappa shape index (κ3) is 3.23. The molecule has 0 aliphatic heterocycles. The van der Waals surface area contributed by atoms with Crippen molar-refractivity contribution in [1.82, 2.24) is 5.32 Å². The van der Waals surface area contributed by atoms with Crippen LogP contribution >= 0.6 is 0 Å². The molecule has 2 atom stereocenters. The third-order valence-electron chi connectivity index (χ3n) is 4.93. The van der Waals surface area contributed by atoms with Gasteiger partial charge in [0.1, 0.15) is 0 Å². The Morgan fingerprint density at radius 1 is 1.00 bits per heavy atom. The Labute approximate surface area is 101 Å². The Morgan fingerprint density at radius 3 is 2.38 bits per heavy atom. The van der Waals surface area contributed by atoms with Crippen LogP contribution in [0.1, 0.15) is 72.1 Å². The molecule has 0 radical (unpaired) electrons. The first-order valence-electron chi connectivity index (χ1n) is 7.33. The average molecular weight is 223 g/mol. The smallest absolute Gasteiger partial charge is 0.00698 e. The van der Waals surface area contributed by atoms with Gasteiger partial charge in [-0.3, -0.25) is 0 Å². The van der Waals surface area contributed by atoms with Crippen molar-refractivity contribution in [2.24, 2.45) is 11.3 Å². The van der Waals surface area contributed by atoms with Gasteiger partial charge in [-0.25, -0.2) is 0 Å². The summed E-state index contributed by atoms with van der Waals surface area (Å²) in [5.74, 6) is 0.983. The van der Waals surface area contributed by atoms with E-state index in [1.54, 1.807) is 0 Å². The van der Waals surface area contributed by atoms with Crippen LogP contribution in [-0.4, -0.2) is 12.1 Å². The maximum atomic E-state index is 3.90. The van der Waals surface area contributed by atoms with E-state index in [0.29, 0.717) is 5.41 Å². The molecule has 1 N–H and O–H groups in total. The van der Waals surface area contributed by atoms with E-state index in [-0.39, 0.29) is 0 Å². The Balaban J connectivity index is 1.76. The highest BCUT2D eigenvalue weighted by Gasteiger charge is 2.28. The van der Waals surface area contributed by atoms with Gasteiger partial charge in [0.15, 0.2) is 0 Å². The van der Waals surface area contributed by atoms with Gasteiger partial charge in [0.2, 0.25) is 0 Å². The van der Waals surface area contributed by atoms with Crippen LogP contribution in [0.15, 0.2) is 0 Å². The molecule has 2 saturated carbocycles. The zero-order valence-electron chi connectivity index (χ0n) is 11.4.